The van der Waals surface area contributed by atoms with Crippen LogP contribution in [0.3, 0.4) is 0 Å². The number of carbonyl (C=O) groups excluding carboxylic acids is 1. The molecule has 5 nitrogen and oxygen atoms in total. The van der Waals surface area contributed by atoms with Crippen LogP contribution >= 0.6 is 0 Å². The number of rotatable bonds is 9. The minimum Gasteiger partial charge on any atom is -0.439 e. The normalized spacial score (nSPS) is 21.8. The molecule has 0 spiro atoms. The Morgan fingerprint density at radius 3 is 1.94 bits per heavy atom. The quantitative estimate of drug-likeness (QED) is 0.247. The Balaban J connectivity index is 1.70. The van der Waals surface area contributed by atoms with Crippen LogP contribution in [-0.4, -0.2) is 53.9 Å². The Hall–Kier alpha value is -3.07. The fraction of sp³-hybridized carbons (Fsp3) is 0.594. The highest BCUT2D eigenvalue weighted by Crippen LogP contribution is 2.43. The molecule has 0 radical (unpaired) electrons. The van der Waals surface area contributed by atoms with Crippen molar-refractivity contribution in [3.05, 3.63) is 69.8 Å². The van der Waals surface area contributed by atoms with Crippen molar-refractivity contribution in [1.29, 1.82) is 0 Å². The van der Waals surface area contributed by atoms with Crippen LogP contribution in [-0.2, 0) is 34.5 Å². The molecule has 4 rings (SSSR count). The summed E-state index contributed by atoms with van der Waals surface area (Å²) in [5.74, 6) is -0.189. The molecule has 2 saturated heterocycles. The molecule has 2 heterocycles. The number of likely N-dealkylation sites (tertiary alicyclic amines) is 1. The predicted molar refractivity (Wildman–Crippen MR) is 151 cm³/mol. The highest BCUT2D eigenvalue weighted by molar-refractivity contribution is 5.71. The second-order valence-corrected chi connectivity index (χ2v) is 12.4. The summed E-state index contributed by atoms with van der Waals surface area (Å²) >= 11 is 0. The summed E-state index contributed by atoms with van der Waals surface area (Å²) in [6, 6.07) is 2.29. The first-order valence-corrected chi connectivity index (χ1v) is 15.1. The number of cyclic esters (lactones) is 1. The van der Waals surface area contributed by atoms with Crippen LogP contribution in [0.25, 0.3) is 0 Å². The van der Waals surface area contributed by atoms with Gasteiger partial charge in [0.15, 0.2) is 0 Å². The number of hydrogen-bond donors (Lipinski definition) is 0. The topological polar surface area (TPSA) is 42.0 Å². The van der Waals surface area contributed by atoms with Crippen molar-refractivity contribution in [2.75, 3.05) is 26.3 Å². The van der Waals surface area contributed by atoms with Crippen LogP contribution in [0.4, 0.5) is 48.7 Å². The number of hydrogen-bond acceptors (Lipinski definition) is 4. The number of benzene rings is 2. The molecule has 2 aromatic carbocycles. The van der Waals surface area contributed by atoms with Crippen LogP contribution in [0.5, 0.6) is 0 Å². The van der Waals surface area contributed by atoms with E-state index in [1.165, 1.54) is 13.0 Å². The molecule has 47 heavy (non-hydrogen) atoms. The van der Waals surface area contributed by atoms with Crippen molar-refractivity contribution in [2.24, 2.45) is 5.92 Å². The van der Waals surface area contributed by atoms with E-state index in [4.69, 9.17) is 9.47 Å². The van der Waals surface area contributed by atoms with Gasteiger partial charge in [-0.25, -0.2) is 9.18 Å². The summed E-state index contributed by atoms with van der Waals surface area (Å²) < 4.78 is 149. The van der Waals surface area contributed by atoms with Gasteiger partial charge >= 0.3 is 24.6 Å². The standard InChI is InChI=1S/C32H36F10N2O3/c1-5-46-17-29(33)8-10-43(11-9-29)26(18(2)3)25-7-6-22(30(34,35)36)14-21(25)16-44-19(4)27(47-28(44)45)20-12-23(31(37,38)39)15-24(13-20)32(40,41)42/h6-7,12-15,18-19,26-27H,5,8-11,16-17H2,1-4H3/t19-,26?,27-/m0/s1. The fourth-order valence-corrected chi connectivity index (χ4v) is 6.30. The summed E-state index contributed by atoms with van der Waals surface area (Å²) in [7, 11) is 0. The highest BCUT2D eigenvalue weighted by Gasteiger charge is 2.45. The van der Waals surface area contributed by atoms with Crippen molar-refractivity contribution in [3.8, 4) is 0 Å². The minimum atomic E-state index is -5.14. The smallest absolute Gasteiger partial charge is 0.416 e. The number of amides is 1. The molecule has 0 N–H and O–H groups in total. The van der Waals surface area contributed by atoms with E-state index in [0.29, 0.717) is 24.3 Å². The number of carbonyl (C=O) groups is 1. The number of ether oxygens (including phenoxy) is 2. The molecule has 0 aromatic heterocycles. The molecule has 262 valence electrons. The van der Waals surface area contributed by atoms with Crippen LogP contribution in [0.15, 0.2) is 36.4 Å². The van der Waals surface area contributed by atoms with E-state index in [2.05, 4.69) is 0 Å². The van der Waals surface area contributed by atoms with E-state index in [-0.39, 0.29) is 50.1 Å². The van der Waals surface area contributed by atoms with Gasteiger partial charge in [-0.1, -0.05) is 19.9 Å². The molecule has 1 amide bonds. The predicted octanol–water partition coefficient (Wildman–Crippen LogP) is 9.36. The zero-order valence-corrected chi connectivity index (χ0v) is 26.1. The summed E-state index contributed by atoms with van der Waals surface area (Å²) in [5.41, 5.74) is -5.83. The number of alkyl halides is 10. The molecule has 2 aromatic rings. The van der Waals surface area contributed by atoms with Gasteiger partial charge in [0.1, 0.15) is 11.8 Å². The Labute approximate surface area is 265 Å². The van der Waals surface area contributed by atoms with Crippen molar-refractivity contribution >= 4 is 6.09 Å². The second kappa shape index (κ2) is 13.4. The van der Waals surface area contributed by atoms with Crippen molar-refractivity contribution in [3.63, 3.8) is 0 Å². The largest absolute Gasteiger partial charge is 0.439 e. The van der Waals surface area contributed by atoms with Gasteiger partial charge < -0.3 is 9.47 Å². The molecule has 2 aliphatic heterocycles. The summed E-state index contributed by atoms with van der Waals surface area (Å²) in [4.78, 5) is 16.0. The third-order valence-electron chi connectivity index (χ3n) is 8.74. The fourth-order valence-electron chi connectivity index (χ4n) is 6.30. The van der Waals surface area contributed by atoms with E-state index in [1.807, 2.05) is 18.7 Å². The van der Waals surface area contributed by atoms with Gasteiger partial charge in [0.25, 0.3) is 0 Å². The molecule has 1 unspecified atom stereocenters. The van der Waals surface area contributed by atoms with Crippen LogP contribution in [0.1, 0.15) is 86.1 Å². The van der Waals surface area contributed by atoms with Crippen LogP contribution < -0.4 is 0 Å². The van der Waals surface area contributed by atoms with E-state index in [0.717, 1.165) is 17.0 Å². The lowest BCUT2D eigenvalue weighted by atomic mass is 9.86. The van der Waals surface area contributed by atoms with Crippen molar-refractivity contribution in [1.82, 2.24) is 9.80 Å². The first-order chi connectivity index (χ1) is 21.6. The van der Waals surface area contributed by atoms with Gasteiger partial charge in [-0.3, -0.25) is 9.80 Å². The molecule has 0 bridgehead atoms. The molecular formula is C32H36F10N2O3. The van der Waals surface area contributed by atoms with E-state index >= 15 is 4.39 Å². The monoisotopic (exact) mass is 686 g/mol. The number of piperidine rings is 1. The molecular weight excluding hydrogens is 650 g/mol. The van der Waals surface area contributed by atoms with Gasteiger partial charge in [-0.05, 0) is 79.6 Å². The van der Waals surface area contributed by atoms with Crippen LogP contribution in [0.2, 0.25) is 0 Å². The average Bonchev–Trinajstić information content (AvgIpc) is 3.24. The maximum absolute atomic E-state index is 15.3. The first-order valence-electron chi connectivity index (χ1n) is 15.1. The lowest BCUT2D eigenvalue weighted by Gasteiger charge is -2.42. The maximum Gasteiger partial charge on any atom is 0.416 e. The number of halogens is 10. The first kappa shape index (κ1) is 36.8. The summed E-state index contributed by atoms with van der Waals surface area (Å²) in [5, 5.41) is 0. The third kappa shape index (κ3) is 8.33. The van der Waals surface area contributed by atoms with E-state index in [9.17, 15) is 44.3 Å². The molecule has 2 fully saturated rings. The molecule has 2 aliphatic rings. The van der Waals surface area contributed by atoms with Gasteiger partial charge in [-0.2, -0.15) is 39.5 Å². The maximum atomic E-state index is 15.3. The van der Waals surface area contributed by atoms with Crippen LogP contribution in [0, 0.1) is 5.92 Å². The third-order valence-corrected chi connectivity index (χ3v) is 8.74. The Morgan fingerprint density at radius 2 is 1.45 bits per heavy atom. The zero-order chi connectivity index (χ0) is 35.1. The molecule has 3 atom stereocenters. The minimum absolute atomic E-state index is 0.0476. The summed E-state index contributed by atoms with van der Waals surface area (Å²) in [6.45, 7) is 7.10. The van der Waals surface area contributed by atoms with E-state index < -0.39 is 77.3 Å². The SMILES string of the molecule is CCOCC1(F)CCN(C(c2ccc(C(F)(F)F)cc2CN2C(=O)O[C@H](c3cc(C(F)(F)F)cc(C(F)(F)F)c3)[C@@H]2C)C(C)C)CC1. The van der Waals surface area contributed by atoms with E-state index in [1.54, 1.807) is 6.92 Å². The average molecular weight is 687 g/mol. The van der Waals surface area contributed by atoms with Gasteiger partial charge in [0.2, 0.25) is 0 Å². The van der Waals surface area contributed by atoms with Crippen molar-refractivity contribution in [2.45, 2.75) is 89.5 Å². The lowest BCUT2D eigenvalue weighted by Crippen LogP contribution is -2.47. The molecule has 0 aliphatic carbocycles. The lowest BCUT2D eigenvalue weighted by molar-refractivity contribution is -0.143. The Kier molecular flexibility index (Phi) is 10.5. The van der Waals surface area contributed by atoms with Gasteiger partial charge in [-0.15, -0.1) is 0 Å². The van der Waals surface area contributed by atoms with Crippen molar-refractivity contribution < 1.29 is 58.2 Å². The Bertz CT molecular complexity index is 1380. The zero-order valence-electron chi connectivity index (χ0n) is 26.1. The second-order valence-electron chi connectivity index (χ2n) is 12.4. The molecule has 15 heteroatoms. The Morgan fingerprint density at radius 1 is 0.894 bits per heavy atom. The highest BCUT2D eigenvalue weighted by atomic mass is 19.4. The number of nitrogens with zero attached hydrogens (tertiary/aromatic N) is 2. The summed E-state index contributed by atoms with van der Waals surface area (Å²) in [6.07, 6.45) is -17.5. The van der Waals surface area contributed by atoms with Gasteiger partial charge in [0, 0.05) is 32.3 Å². The molecule has 0 saturated carbocycles. The van der Waals surface area contributed by atoms with Gasteiger partial charge in [0.05, 0.1) is 29.3 Å².